The van der Waals surface area contributed by atoms with Gasteiger partial charge in [-0.1, -0.05) is 30.3 Å². The molecule has 1 aliphatic rings. The molecule has 144 valence electrons. The van der Waals surface area contributed by atoms with Gasteiger partial charge in [0.15, 0.2) is 0 Å². The van der Waals surface area contributed by atoms with E-state index in [1.54, 1.807) is 35.2 Å². The number of nitrogens with zero attached hydrogens (tertiary/aromatic N) is 1. The molecule has 2 N–H and O–H groups in total. The number of sulfonamides is 1. The van der Waals surface area contributed by atoms with Crippen LogP contribution in [0.3, 0.4) is 0 Å². The Morgan fingerprint density at radius 2 is 1.96 bits per heavy atom. The molecule has 0 radical (unpaired) electrons. The lowest BCUT2D eigenvalue weighted by Gasteiger charge is -2.36. The minimum atomic E-state index is -3.64. The van der Waals surface area contributed by atoms with Crippen molar-refractivity contribution in [3.05, 3.63) is 66.0 Å². The second-order valence-corrected chi connectivity index (χ2v) is 8.09. The zero-order valence-electron chi connectivity index (χ0n) is 14.8. The van der Waals surface area contributed by atoms with Gasteiger partial charge in [0, 0.05) is 32.6 Å². The first-order valence-electron chi connectivity index (χ1n) is 8.78. The number of piperazine rings is 1. The van der Waals surface area contributed by atoms with Crippen LogP contribution in [0, 0.1) is 5.82 Å². The first-order chi connectivity index (χ1) is 13.0. The van der Waals surface area contributed by atoms with Crippen molar-refractivity contribution in [1.82, 2.24) is 14.9 Å². The Bertz CT molecular complexity index is 890. The first-order valence-corrected chi connectivity index (χ1v) is 10.3. The number of rotatable bonds is 6. The SMILES string of the molecule is O=C(CCNS(=O)(=O)c1ccccc1)N1CCNCC1c1cccc(F)c1. The van der Waals surface area contributed by atoms with Crippen LogP contribution < -0.4 is 10.0 Å². The van der Waals surface area contributed by atoms with Crippen LogP contribution in [-0.4, -0.2) is 45.4 Å². The van der Waals surface area contributed by atoms with Gasteiger partial charge in [0.1, 0.15) is 5.82 Å². The van der Waals surface area contributed by atoms with E-state index in [-0.39, 0.29) is 35.6 Å². The van der Waals surface area contributed by atoms with Gasteiger partial charge in [-0.25, -0.2) is 17.5 Å². The highest BCUT2D eigenvalue weighted by atomic mass is 32.2. The molecule has 27 heavy (non-hydrogen) atoms. The van der Waals surface area contributed by atoms with Gasteiger partial charge in [-0.2, -0.15) is 0 Å². The predicted molar refractivity (Wildman–Crippen MR) is 100.0 cm³/mol. The van der Waals surface area contributed by atoms with Crippen molar-refractivity contribution in [2.24, 2.45) is 0 Å². The highest BCUT2D eigenvalue weighted by Gasteiger charge is 2.28. The average molecular weight is 391 g/mol. The van der Waals surface area contributed by atoms with Crippen LogP contribution in [0.5, 0.6) is 0 Å². The third kappa shape index (κ3) is 4.91. The van der Waals surface area contributed by atoms with E-state index in [9.17, 15) is 17.6 Å². The van der Waals surface area contributed by atoms with E-state index < -0.39 is 10.0 Å². The van der Waals surface area contributed by atoms with Gasteiger partial charge in [-0.05, 0) is 29.8 Å². The molecule has 3 rings (SSSR count). The number of hydrogen-bond donors (Lipinski definition) is 2. The second kappa shape index (κ2) is 8.60. The maximum Gasteiger partial charge on any atom is 0.240 e. The van der Waals surface area contributed by atoms with Crippen molar-refractivity contribution in [3.8, 4) is 0 Å². The summed E-state index contributed by atoms with van der Waals surface area (Å²) in [6, 6.07) is 14.0. The van der Waals surface area contributed by atoms with E-state index in [4.69, 9.17) is 0 Å². The van der Waals surface area contributed by atoms with Gasteiger partial charge in [0.05, 0.1) is 10.9 Å². The fourth-order valence-electron chi connectivity index (χ4n) is 3.13. The van der Waals surface area contributed by atoms with E-state index >= 15 is 0 Å². The zero-order valence-corrected chi connectivity index (χ0v) is 15.6. The molecule has 6 nitrogen and oxygen atoms in total. The molecular weight excluding hydrogens is 369 g/mol. The van der Waals surface area contributed by atoms with Crippen LogP contribution in [0.15, 0.2) is 59.5 Å². The monoisotopic (exact) mass is 391 g/mol. The van der Waals surface area contributed by atoms with Crippen molar-refractivity contribution < 1.29 is 17.6 Å². The van der Waals surface area contributed by atoms with Crippen molar-refractivity contribution in [1.29, 1.82) is 0 Å². The van der Waals surface area contributed by atoms with Gasteiger partial charge in [0.2, 0.25) is 15.9 Å². The molecule has 1 heterocycles. The quantitative estimate of drug-likeness (QED) is 0.785. The molecule has 1 amide bonds. The summed E-state index contributed by atoms with van der Waals surface area (Å²) in [6.45, 7) is 1.68. The van der Waals surface area contributed by atoms with Crippen molar-refractivity contribution >= 4 is 15.9 Å². The number of nitrogens with one attached hydrogen (secondary N) is 2. The highest BCUT2D eigenvalue weighted by Crippen LogP contribution is 2.23. The zero-order chi connectivity index (χ0) is 19.3. The molecule has 1 fully saturated rings. The summed E-state index contributed by atoms with van der Waals surface area (Å²) in [7, 11) is -3.64. The summed E-state index contributed by atoms with van der Waals surface area (Å²) in [5, 5.41) is 3.21. The van der Waals surface area contributed by atoms with Crippen LogP contribution in [0.1, 0.15) is 18.0 Å². The average Bonchev–Trinajstić information content (AvgIpc) is 2.68. The predicted octanol–water partition coefficient (Wildman–Crippen LogP) is 1.67. The van der Waals surface area contributed by atoms with E-state index in [0.29, 0.717) is 19.6 Å². The molecule has 0 aliphatic carbocycles. The Morgan fingerprint density at radius 3 is 2.70 bits per heavy atom. The van der Waals surface area contributed by atoms with E-state index in [2.05, 4.69) is 10.0 Å². The second-order valence-electron chi connectivity index (χ2n) is 6.32. The lowest BCUT2D eigenvalue weighted by Crippen LogP contribution is -2.49. The highest BCUT2D eigenvalue weighted by molar-refractivity contribution is 7.89. The van der Waals surface area contributed by atoms with Gasteiger partial charge >= 0.3 is 0 Å². The Hall–Kier alpha value is -2.29. The smallest absolute Gasteiger partial charge is 0.240 e. The Kier molecular flexibility index (Phi) is 6.20. The minimum Gasteiger partial charge on any atom is -0.333 e. The van der Waals surface area contributed by atoms with Crippen molar-refractivity contribution in [3.63, 3.8) is 0 Å². The number of carbonyl (C=O) groups is 1. The summed E-state index contributed by atoms with van der Waals surface area (Å²) in [4.78, 5) is 14.5. The standard InChI is InChI=1S/C19H22FN3O3S/c20-16-6-4-5-15(13-16)18-14-21-11-12-23(18)19(24)9-10-22-27(25,26)17-7-2-1-3-8-17/h1-8,13,18,21-22H,9-12,14H2. The number of benzene rings is 2. The van der Waals surface area contributed by atoms with Crippen LogP contribution in [0.2, 0.25) is 0 Å². The molecule has 1 aliphatic heterocycles. The lowest BCUT2D eigenvalue weighted by atomic mass is 10.0. The maximum absolute atomic E-state index is 13.5. The summed E-state index contributed by atoms with van der Waals surface area (Å²) in [6.07, 6.45) is 0.0396. The normalized spacial score (nSPS) is 17.7. The molecule has 0 bridgehead atoms. The summed E-state index contributed by atoms with van der Waals surface area (Å²) in [5.41, 5.74) is 0.723. The van der Waals surface area contributed by atoms with E-state index in [1.165, 1.54) is 24.3 Å². The molecule has 0 saturated carbocycles. The third-order valence-electron chi connectivity index (χ3n) is 4.48. The van der Waals surface area contributed by atoms with E-state index in [1.807, 2.05) is 0 Å². The minimum absolute atomic E-state index is 0.00978. The molecule has 2 aromatic carbocycles. The molecule has 0 aromatic heterocycles. The fourth-order valence-corrected chi connectivity index (χ4v) is 4.19. The molecular formula is C19H22FN3O3S. The lowest BCUT2D eigenvalue weighted by molar-refractivity contribution is -0.134. The van der Waals surface area contributed by atoms with Crippen LogP contribution >= 0.6 is 0 Å². The van der Waals surface area contributed by atoms with Crippen LogP contribution in [-0.2, 0) is 14.8 Å². The number of carbonyl (C=O) groups excluding carboxylic acids is 1. The summed E-state index contributed by atoms with van der Waals surface area (Å²) >= 11 is 0. The molecule has 1 unspecified atom stereocenters. The van der Waals surface area contributed by atoms with Crippen molar-refractivity contribution in [2.45, 2.75) is 17.4 Å². The number of amides is 1. The van der Waals surface area contributed by atoms with Crippen molar-refractivity contribution in [2.75, 3.05) is 26.2 Å². The summed E-state index contributed by atoms with van der Waals surface area (Å²) < 4.78 is 40.5. The van der Waals surface area contributed by atoms with Gasteiger partial charge in [-0.3, -0.25) is 4.79 Å². The topological polar surface area (TPSA) is 78.5 Å². The number of hydrogen-bond acceptors (Lipinski definition) is 4. The summed E-state index contributed by atoms with van der Waals surface area (Å²) in [5.74, 6) is -0.511. The van der Waals surface area contributed by atoms with Gasteiger partial charge in [0.25, 0.3) is 0 Å². The largest absolute Gasteiger partial charge is 0.333 e. The third-order valence-corrected chi connectivity index (χ3v) is 5.96. The first kappa shape index (κ1) is 19.5. The Balaban J connectivity index is 1.62. The fraction of sp³-hybridized carbons (Fsp3) is 0.316. The van der Waals surface area contributed by atoms with Crippen LogP contribution in [0.4, 0.5) is 4.39 Å². The molecule has 8 heteroatoms. The van der Waals surface area contributed by atoms with E-state index in [0.717, 1.165) is 5.56 Å². The Morgan fingerprint density at radius 1 is 1.19 bits per heavy atom. The van der Waals surface area contributed by atoms with Gasteiger partial charge in [-0.15, -0.1) is 0 Å². The molecule has 1 saturated heterocycles. The maximum atomic E-state index is 13.5. The molecule has 2 aromatic rings. The molecule has 1 atom stereocenters. The number of halogens is 1. The van der Waals surface area contributed by atoms with Crippen LogP contribution in [0.25, 0.3) is 0 Å². The van der Waals surface area contributed by atoms with Gasteiger partial charge < -0.3 is 10.2 Å². The molecule has 0 spiro atoms. The Labute approximate surface area is 158 Å².